The zero-order valence-electron chi connectivity index (χ0n) is 7.65. The van der Waals surface area contributed by atoms with Gasteiger partial charge in [0, 0.05) is 20.1 Å². The topological polar surface area (TPSA) is 34.0 Å². The van der Waals surface area contributed by atoms with Crippen LogP contribution in [0.4, 0.5) is 4.39 Å². The Morgan fingerprint density at radius 1 is 1.69 bits per heavy atom. The van der Waals surface area contributed by atoms with Crippen molar-refractivity contribution in [3.05, 3.63) is 12.2 Å². The third kappa shape index (κ3) is 1.85. The fourth-order valence-corrected chi connectivity index (χ4v) is 1.58. The molecule has 1 aromatic heterocycles. The van der Waals surface area contributed by atoms with Crippen molar-refractivity contribution in [3.8, 4) is 0 Å². The van der Waals surface area contributed by atoms with Crippen molar-refractivity contribution >= 4 is 0 Å². The average Bonchev–Trinajstić information content (AvgIpc) is 2.64. The van der Waals surface area contributed by atoms with Gasteiger partial charge in [0.25, 0.3) is 0 Å². The molecule has 0 amide bonds. The van der Waals surface area contributed by atoms with Crippen LogP contribution in [0.5, 0.6) is 0 Å². The molecule has 72 valence electrons. The summed E-state index contributed by atoms with van der Waals surface area (Å²) in [6.07, 6.45) is 1.66. The van der Waals surface area contributed by atoms with E-state index in [0.717, 1.165) is 12.4 Å². The molecule has 1 aliphatic heterocycles. The smallest absolute Gasteiger partial charge is 0.146 e. The zero-order valence-corrected chi connectivity index (χ0v) is 7.65. The van der Waals surface area contributed by atoms with Crippen LogP contribution in [0.3, 0.4) is 0 Å². The molecule has 0 N–H and O–H groups in total. The number of hydrogen-bond acceptors (Lipinski definition) is 3. The molecule has 13 heavy (non-hydrogen) atoms. The van der Waals surface area contributed by atoms with Gasteiger partial charge in [-0.2, -0.15) is 0 Å². The van der Waals surface area contributed by atoms with Crippen molar-refractivity contribution in [2.75, 3.05) is 13.1 Å². The van der Waals surface area contributed by atoms with E-state index in [1.54, 1.807) is 6.33 Å². The summed E-state index contributed by atoms with van der Waals surface area (Å²) in [5.74, 6) is 0.897. The molecular weight excluding hydrogens is 171 g/mol. The molecule has 4 nitrogen and oxygen atoms in total. The van der Waals surface area contributed by atoms with Crippen molar-refractivity contribution in [1.29, 1.82) is 0 Å². The second-order valence-electron chi connectivity index (χ2n) is 3.48. The minimum Gasteiger partial charge on any atom is -0.320 e. The summed E-state index contributed by atoms with van der Waals surface area (Å²) in [5.41, 5.74) is 0. The molecule has 2 rings (SSSR count). The van der Waals surface area contributed by atoms with Gasteiger partial charge in [-0.15, -0.1) is 10.2 Å². The molecule has 0 radical (unpaired) electrons. The molecule has 0 aliphatic carbocycles. The van der Waals surface area contributed by atoms with Crippen molar-refractivity contribution in [2.45, 2.75) is 19.1 Å². The number of nitrogens with zero attached hydrogens (tertiary/aromatic N) is 4. The van der Waals surface area contributed by atoms with Crippen LogP contribution in [0, 0.1) is 0 Å². The van der Waals surface area contributed by atoms with Gasteiger partial charge in [0.2, 0.25) is 0 Å². The summed E-state index contributed by atoms with van der Waals surface area (Å²) in [5, 5.41) is 7.73. The van der Waals surface area contributed by atoms with Crippen LogP contribution in [0.25, 0.3) is 0 Å². The Hall–Kier alpha value is -0.970. The predicted octanol–water partition coefficient (Wildman–Crippen LogP) is 0.359. The minimum absolute atomic E-state index is 0.535. The van der Waals surface area contributed by atoms with E-state index in [9.17, 15) is 4.39 Å². The van der Waals surface area contributed by atoms with Gasteiger partial charge in [0.1, 0.15) is 18.3 Å². The number of aromatic nitrogens is 3. The van der Waals surface area contributed by atoms with E-state index in [0.29, 0.717) is 19.5 Å². The molecule has 0 spiro atoms. The molecule has 1 aromatic rings. The predicted molar refractivity (Wildman–Crippen MR) is 45.8 cm³/mol. The van der Waals surface area contributed by atoms with Crippen molar-refractivity contribution in [2.24, 2.45) is 7.05 Å². The van der Waals surface area contributed by atoms with Crippen molar-refractivity contribution in [3.63, 3.8) is 0 Å². The maximum atomic E-state index is 12.8. The first-order valence-electron chi connectivity index (χ1n) is 4.45. The van der Waals surface area contributed by atoms with E-state index < -0.39 is 6.17 Å². The highest BCUT2D eigenvalue weighted by Gasteiger charge is 2.22. The van der Waals surface area contributed by atoms with Gasteiger partial charge in [-0.25, -0.2) is 4.39 Å². The summed E-state index contributed by atoms with van der Waals surface area (Å²) in [7, 11) is 1.90. The van der Waals surface area contributed by atoms with Crippen LogP contribution in [-0.4, -0.2) is 38.9 Å². The number of aryl methyl sites for hydroxylation is 1. The van der Waals surface area contributed by atoms with Crippen LogP contribution < -0.4 is 0 Å². The number of halogens is 1. The van der Waals surface area contributed by atoms with Gasteiger partial charge in [0.05, 0.1) is 6.54 Å². The number of rotatable bonds is 2. The summed E-state index contributed by atoms with van der Waals surface area (Å²) in [6, 6.07) is 0. The Morgan fingerprint density at radius 3 is 3.08 bits per heavy atom. The monoisotopic (exact) mass is 184 g/mol. The summed E-state index contributed by atoms with van der Waals surface area (Å²) in [4.78, 5) is 2.06. The molecule has 5 heteroatoms. The molecule has 2 heterocycles. The van der Waals surface area contributed by atoms with Crippen LogP contribution in [0.2, 0.25) is 0 Å². The maximum absolute atomic E-state index is 12.8. The molecule has 1 saturated heterocycles. The SMILES string of the molecule is Cn1cnnc1CN1CCC(F)C1. The second-order valence-corrected chi connectivity index (χ2v) is 3.48. The van der Waals surface area contributed by atoms with E-state index in [4.69, 9.17) is 0 Å². The Labute approximate surface area is 76.4 Å². The first kappa shape index (κ1) is 8.62. The standard InChI is InChI=1S/C8H13FN4/c1-12-6-10-11-8(12)5-13-3-2-7(9)4-13/h6-7H,2-5H2,1H3. The fraction of sp³-hybridized carbons (Fsp3) is 0.750. The molecule has 1 atom stereocenters. The lowest BCUT2D eigenvalue weighted by atomic mass is 10.3. The number of likely N-dealkylation sites (tertiary alicyclic amines) is 1. The summed E-state index contributed by atoms with van der Waals surface area (Å²) in [6.45, 7) is 2.07. The third-order valence-electron chi connectivity index (χ3n) is 2.39. The lowest BCUT2D eigenvalue weighted by Gasteiger charge is -2.12. The van der Waals surface area contributed by atoms with Crippen LogP contribution >= 0.6 is 0 Å². The van der Waals surface area contributed by atoms with Crippen LogP contribution in [0.1, 0.15) is 12.2 Å². The highest BCUT2D eigenvalue weighted by molar-refractivity contribution is 4.87. The lowest BCUT2D eigenvalue weighted by Crippen LogP contribution is -2.22. The lowest BCUT2D eigenvalue weighted by molar-refractivity contribution is 0.275. The normalized spacial score (nSPS) is 24.0. The molecule has 0 bridgehead atoms. The van der Waals surface area contributed by atoms with Crippen LogP contribution in [-0.2, 0) is 13.6 Å². The Balaban J connectivity index is 1.95. The van der Waals surface area contributed by atoms with Gasteiger partial charge in [-0.1, -0.05) is 0 Å². The molecular formula is C8H13FN4. The van der Waals surface area contributed by atoms with Gasteiger partial charge in [-0.3, -0.25) is 4.90 Å². The fourth-order valence-electron chi connectivity index (χ4n) is 1.58. The van der Waals surface area contributed by atoms with Gasteiger partial charge >= 0.3 is 0 Å². The largest absolute Gasteiger partial charge is 0.320 e. The van der Waals surface area contributed by atoms with Gasteiger partial charge in [-0.05, 0) is 6.42 Å². The highest BCUT2D eigenvalue weighted by atomic mass is 19.1. The molecule has 0 saturated carbocycles. The minimum atomic E-state index is -0.659. The summed E-state index contributed by atoms with van der Waals surface area (Å²) < 4.78 is 14.7. The molecule has 0 aromatic carbocycles. The van der Waals surface area contributed by atoms with Gasteiger partial charge < -0.3 is 4.57 Å². The average molecular weight is 184 g/mol. The van der Waals surface area contributed by atoms with Crippen molar-refractivity contribution in [1.82, 2.24) is 19.7 Å². The Kier molecular flexibility index (Phi) is 2.26. The molecule has 1 unspecified atom stereocenters. The van der Waals surface area contributed by atoms with E-state index >= 15 is 0 Å². The zero-order chi connectivity index (χ0) is 9.26. The van der Waals surface area contributed by atoms with E-state index in [2.05, 4.69) is 15.1 Å². The van der Waals surface area contributed by atoms with Gasteiger partial charge in [0.15, 0.2) is 0 Å². The van der Waals surface area contributed by atoms with E-state index in [1.165, 1.54) is 0 Å². The maximum Gasteiger partial charge on any atom is 0.146 e. The summed E-state index contributed by atoms with van der Waals surface area (Å²) >= 11 is 0. The van der Waals surface area contributed by atoms with E-state index in [1.807, 2.05) is 11.6 Å². The Bertz CT molecular complexity index is 285. The van der Waals surface area contributed by atoms with E-state index in [-0.39, 0.29) is 0 Å². The Morgan fingerprint density at radius 2 is 2.54 bits per heavy atom. The van der Waals surface area contributed by atoms with Crippen molar-refractivity contribution < 1.29 is 4.39 Å². The first-order chi connectivity index (χ1) is 6.25. The highest BCUT2D eigenvalue weighted by Crippen LogP contribution is 2.14. The third-order valence-corrected chi connectivity index (χ3v) is 2.39. The quantitative estimate of drug-likeness (QED) is 0.665. The first-order valence-corrected chi connectivity index (χ1v) is 4.45. The molecule has 1 aliphatic rings. The number of hydrogen-bond donors (Lipinski definition) is 0. The second kappa shape index (κ2) is 3.41. The number of alkyl halides is 1. The molecule has 1 fully saturated rings. The van der Waals surface area contributed by atoms with Crippen LogP contribution in [0.15, 0.2) is 6.33 Å².